The van der Waals surface area contributed by atoms with Crippen molar-refractivity contribution < 1.29 is 27.8 Å². The average Bonchev–Trinajstić information content (AvgIpc) is 3.75. The van der Waals surface area contributed by atoms with Crippen LogP contribution in [-0.4, -0.2) is 43.0 Å². The van der Waals surface area contributed by atoms with E-state index < -0.39 is 17.9 Å². The van der Waals surface area contributed by atoms with Gasteiger partial charge in [-0.05, 0) is 85.9 Å². The summed E-state index contributed by atoms with van der Waals surface area (Å²) in [6.07, 6.45) is 1.65. The van der Waals surface area contributed by atoms with Gasteiger partial charge in [0.2, 0.25) is 0 Å². The van der Waals surface area contributed by atoms with Crippen LogP contribution in [0.15, 0.2) is 58.8 Å². The highest BCUT2D eigenvalue weighted by atomic mass is 19.4. The van der Waals surface area contributed by atoms with E-state index in [0.29, 0.717) is 29.3 Å². The third-order valence-corrected chi connectivity index (χ3v) is 9.25. The van der Waals surface area contributed by atoms with Gasteiger partial charge in [-0.15, -0.1) is 10.2 Å². The predicted molar refractivity (Wildman–Crippen MR) is 142 cm³/mol. The number of amides is 1. The normalized spacial score (nSPS) is 28.4. The zero-order chi connectivity index (χ0) is 27.9. The second-order valence-electron chi connectivity index (χ2n) is 12.0. The number of para-hydroxylation sites is 1. The van der Waals surface area contributed by atoms with Gasteiger partial charge in [0.1, 0.15) is 18.5 Å². The van der Waals surface area contributed by atoms with E-state index in [9.17, 15) is 23.1 Å². The van der Waals surface area contributed by atoms with Crippen LogP contribution in [0.2, 0.25) is 0 Å². The Kier molecular flexibility index (Phi) is 7.33. The fourth-order valence-electron chi connectivity index (χ4n) is 7.39. The highest BCUT2D eigenvalue weighted by Gasteiger charge is 2.65. The van der Waals surface area contributed by atoms with Gasteiger partial charge >= 0.3 is 11.8 Å². The lowest BCUT2D eigenvalue weighted by Gasteiger charge is -2.54. The Morgan fingerprint density at radius 3 is 2.27 bits per heavy atom. The molecule has 3 N–H and O–H groups in total. The standard InChI is InChI=1S/C30H35F3N4O3/c31-30(32,33)29(36-37-29)23-7-5-18(6-8-23)14-35-28(39)25-3-1-2-4-27(25)40-17-24(38)15-34-16-26-21-10-19-9-20(12-21)13-22(26)11-19/h1-8,19-22,24,26,34,38H,9-17H2,(H,35,39). The summed E-state index contributed by atoms with van der Waals surface area (Å²) in [4.78, 5) is 12.9. The summed E-state index contributed by atoms with van der Waals surface area (Å²) in [7, 11) is 0. The number of aliphatic hydroxyl groups excluding tert-OH is 1. The van der Waals surface area contributed by atoms with Crippen molar-refractivity contribution in [2.75, 3.05) is 19.7 Å². The van der Waals surface area contributed by atoms with Crippen LogP contribution in [0.4, 0.5) is 13.2 Å². The molecule has 40 heavy (non-hydrogen) atoms. The van der Waals surface area contributed by atoms with E-state index in [1.165, 1.54) is 56.4 Å². The summed E-state index contributed by atoms with van der Waals surface area (Å²) in [6.45, 7) is 1.55. The molecular formula is C30H35F3N4O3. The van der Waals surface area contributed by atoms with Gasteiger partial charge in [-0.25, -0.2) is 0 Å². The SMILES string of the molecule is O=C(NCc1ccc(C2(C(F)(F)F)N=N2)cc1)c1ccccc1OCC(O)CNCC1C2CC3CC(C2)CC1C3. The molecule has 10 heteroatoms. The van der Waals surface area contributed by atoms with Crippen molar-refractivity contribution in [3.63, 3.8) is 0 Å². The number of ether oxygens (including phenoxy) is 1. The maximum absolute atomic E-state index is 13.2. The first-order valence-electron chi connectivity index (χ1n) is 14.2. The lowest BCUT2D eigenvalue weighted by molar-refractivity contribution is -0.166. The molecule has 214 valence electrons. The van der Waals surface area contributed by atoms with Gasteiger partial charge in [-0.1, -0.05) is 36.4 Å². The fourth-order valence-corrected chi connectivity index (χ4v) is 7.39. The Labute approximate surface area is 231 Å². The van der Waals surface area contributed by atoms with E-state index >= 15 is 0 Å². The van der Waals surface area contributed by atoms with Crippen LogP contribution in [0.1, 0.15) is 53.6 Å². The summed E-state index contributed by atoms with van der Waals surface area (Å²) in [5, 5.41) is 23.2. The zero-order valence-electron chi connectivity index (χ0n) is 22.2. The van der Waals surface area contributed by atoms with Crippen LogP contribution in [0.5, 0.6) is 5.75 Å². The maximum atomic E-state index is 13.2. The highest BCUT2D eigenvalue weighted by molar-refractivity contribution is 5.96. The van der Waals surface area contributed by atoms with Gasteiger partial charge in [0.05, 0.1) is 5.56 Å². The topological polar surface area (TPSA) is 95.3 Å². The molecule has 0 aromatic heterocycles. The number of carbonyl (C=O) groups excluding carboxylic acids is 1. The number of aliphatic hydroxyl groups is 1. The van der Waals surface area contributed by atoms with Crippen LogP contribution in [0, 0.1) is 29.6 Å². The summed E-state index contributed by atoms with van der Waals surface area (Å²) in [5.74, 6) is 4.25. The number of benzene rings is 2. The Morgan fingerprint density at radius 1 is 1.00 bits per heavy atom. The summed E-state index contributed by atoms with van der Waals surface area (Å²) < 4.78 is 45.4. The molecular weight excluding hydrogens is 521 g/mol. The first kappa shape index (κ1) is 27.2. The first-order chi connectivity index (χ1) is 19.2. The fraction of sp³-hybridized carbons (Fsp3) is 0.567. The molecule has 0 saturated heterocycles. The van der Waals surface area contributed by atoms with E-state index in [2.05, 4.69) is 20.9 Å². The average molecular weight is 557 g/mol. The molecule has 7 rings (SSSR count). The van der Waals surface area contributed by atoms with Gasteiger partial charge in [0.25, 0.3) is 5.91 Å². The van der Waals surface area contributed by atoms with Crippen molar-refractivity contribution in [2.24, 2.45) is 39.8 Å². The number of hydrogen-bond acceptors (Lipinski definition) is 6. The molecule has 4 saturated carbocycles. The number of halogens is 3. The first-order valence-corrected chi connectivity index (χ1v) is 14.2. The molecule has 1 atom stereocenters. The Hall–Kier alpha value is -2.98. The monoisotopic (exact) mass is 556 g/mol. The molecule has 0 spiro atoms. The minimum absolute atomic E-state index is 0.0531. The van der Waals surface area contributed by atoms with Gasteiger partial charge in [0.15, 0.2) is 0 Å². The molecule has 2 aromatic carbocycles. The largest absolute Gasteiger partial charge is 0.490 e. The molecule has 1 amide bonds. The summed E-state index contributed by atoms with van der Waals surface area (Å²) >= 11 is 0. The van der Waals surface area contributed by atoms with Crippen LogP contribution < -0.4 is 15.4 Å². The quantitative estimate of drug-likeness (QED) is 0.355. The second kappa shape index (κ2) is 10.8. The van der Waals surface area contributed by atoms with Crippen molar-refractivity contribution in [3.8, 4) is 5.75 Å². The predicted octanol–water partition coefficient (Wildman–Crippen LogP) is 5.20. The molecule has 5 aliphatic rings. The molecule has 7 nitrogen and oxygen atoms in total. The van der Waals surface area contributed by atoms with Crippen molar-refractivity contribution in [3.05, 3.63) is 65.2 Å². The van der Waals surface area contributed by atoms with Gasteiger partial charge in [0, 0.05) is 18.7 Å². The summed E-state index contributed by atoms with van der Waals surface area (Å²) in [5.41, 5.74) is -1.56. The third kappa shape index (κ3) is 5.48. The van der Waals surface area contributed by atoms with E-state index in [-0.39, 0.29) is 24.6 Å². The number of alkyl halides is 3. The molecule has 0 radical (unpaired) electrons. The van der Waals surface area contributed by atoms with Crippen molar-refractivity contribution in [2.45, 2.75) is 56.6 Å². The Balaban J connectivity index is 0.962. The lowest BCUT2D eigenvalue weighted by Crippen LogP contribution is -2.49. The third-order valence-electron chi connectivity index (χ3n) is 9.25. The molecule has 4 aliphatic carbocycles. The molecule has 4 bridgehead atoms. The van der Waals surface area contributed by atoms with E-state index in [1.807, 2.05) is 0 Å². The van der Waals surface area contributed by atoms with Gasteiger partial charge < -0.3 is 20.5 Å². The lowest BCUT2D eigenvalue weighted by atomic mass is 9.52. The van der Waals surface area contributed by atoms with E-state index in [1.54, 1.807) is 24.3 Å². The molecule has 1 unspecified atom stereocenters. The minimum Gasteiger partial charge on any atom is -0.490 e. The van der Waals surface area contributed by atoms with Crippen molar-refractivity contribution >= 4 is 5.91 Å². The number of carbonyl (C=O) groups is 1. The molecule has 1 aliphatic heterocycles. The van der Waals surface area contributed by atoms with E-state index in [0.717, 1.165) is 30.2 Å². The van der Waals surface area contributed by atoms with Gasteiger partial charge in [-0.2, -0.15) is 13.2 Å². The number of hydrogen-bond donors (Lipinski definition) is 3. The van der Waals surface area contributed by atoms with Crippen LogP contribution in [-0.2, 0) is 12.2 Å². The van der Waals surface area contributed by atoms with Crippen molar-refractivity contribution in [1.29, 1.82) is 0 Å². The second-order valence-corrected chi connectivity index (χ2v) is 12.0. The molecule has 4 fully saturated rings. The highest BCUT2D eigenvalue weighted by Crippen LogP contribution is 2.56. The van der Waals surface area contributed by atoms with Crippen molar-refractivity contribution in [1.82, 2.24) is 10.6 Å². The zero-order valence-corrected chi connectivity index (χ0v) is 22.2. The minimum atomic E-state index is -4.58. The Bertz CT molecular complexity index is 1220. The van der Waals surface area contributed by atoms with E-state index in [4.69, 9.17) is 4.74 Å². The smallest absolute Gasteiger partial charge is 0.442 e. The number of nitrogens with one attached hydrogen (secondary N) is 2. The van der Waals surface area contributed by atoms with Crippen LogP contribution >= 0.6 is 0 Å². The number of rotatable bonds is 11. The Morgan fingerprint density at radius 2 is 1.65 bits per heavy atom. The number of nitrogens with zero attached hydrogens (tertiary/aromatic N) is 2. The van der Waals surface area contributed by atoms with Crippen LogP contribution in [0.3, 0.4) is 0 Å². The molecule has 1 heterocycles. The maximum Gasteiger partial charge on any atom is 0.442 e. The summed E-state index contributed by atoms with van der Waals surface area (Å²) in [6, 6.07) is 12.5. The molecule has 2 aromatic rings. The van der Waals surface area contributed by atoms with Gasteiger partial charge in [-0.3, -0.25) is 4.79 Å². The van der Waals surface area contributed by atoms with Crippen LogP contribution in [0.25, 0.3) is 0 Å².